The topological polar surface area (TPSA) is 60.7 Å². The molecule has 1 N–H and O–H groups in total. The number of carbonyl (C=O) groups excluding carboxylic acids is 1. The van der Waals surface area contributed by atoms with Crippen molar-refractivity contribution in [3.8, 4) is 5.75 Å². The van der Waals surface area contributed by atoms with Gasteiger partial charge in [0.1, 0.15) is 18.1 Å². The van der Waals surface area contributed by atoms with Gasteiger partial charge in [0.2, 0.25) is 0 Å². The summed E-state index contributed by atoms with van der Waals surface area (Å²) in [5, 5.41) is 2.92. The molecule has 3 rings (SSSR count). The molecule has 1 aliphatic rings. The standard InChI is InChI=1S/C20H25NO4/c1-15-13-18(14-24-16-7-3-2-4-8-16)25-19(15)20(22)21-11-10-17-9-5-6-12-23-17/h2-4,7-8,13,17H,5-6,9-12,14H2,1H3,(H,21,22)/t17-/m0/s1. The second-order valence-electron chi connectivity index (χ2n) is 6.36. The van der Waals surface area contributed by atoms with Gasteiger partial charge in [-0.3, -0.25) is 4.79 Å². The number of benzene rings is 1. The van der Waals surface area contributed by atoms with Gasteiger partial charge in [-0.05, 0) is 50.8 Å². The van der Waals surface area contributed by atoms with E-state index in [2.05, 4.69) is 5.32 Å². The molecule has 1 saturated heterocycles. The van der Waals surface area contributed by atoms with Crippen LogP contribution in [-0.4, -0.2) is 25.2 Å². The predicted octanol–water partition coefficient (Wildman–Crippen LogP) is 3.86. The summed E-state index contributed by atoms with van der Waals surface area (Å²) in [5.74, 6) is 1.59. The van der Waals surface area contributed by atoms with Crippen molar-refractivity contribution in [1.82, 2.24) is 5.32 Å². The Morgan fingerprint density at radius 3 is 2.88 bits per heavy atom. The molecule has 1 aromatic carbocycles. The van der Waals surface area contributed by atoms with Gasteiger partial charge in [0, 0.05) is 18.7 Å². The highest BCUT2D eigenvalue weighted by molar-refractivity contribution is 5.92. The molecule has 1 atom stereocenters. The number of para-hydroxylation sites is 1. The molecule has 1 aliphatic heterocycles. The molecule has 1 fully saturated rings. The van der Waals surface area contributed by atoms with Crippen LogP contribution in [0.15, 0.2) is 40.8 Å². The fourth-order valence-electron chi connectivity index (χ4n) is 2.98. The van der Waals surface area contributed by atoms with Crippen molar-refractivity contribution in [3.63, 3.8) is 0 Å². The summed E-state index contributed by atoms with van der Waals surface area (Å²) in [6.45, 7) is 3.60. The van der Waals surface area contributed by atoms with Crippen molar-refractivity contribution >= 4 is 5.91 Å². The van der Waals surface area contributed by atoms with Crippen molar-refractivity contribution in [2.45, 2.75) is 45.3 Å². The number of aryl methyl sites for hydroxylation is 1. The first kappa shape index (κ1) is 17.5. The van der Waals surface area contributed by atoms with Gasteiger partial charge in [-0.25, -0.2) is 0 Å². The van der Waals surface area contributed by atoms with Crippen LogP contribution in [0.4, 0.5) is 0 Å². The number of hydrogen-bond donors (Lipinski definition) is 1. The van der Waals surface area contributed by atoms with Gasteiger partial charge in [0.25, 0.3) is 5.91 Å². The van der Waals surface area contributed by atoms with Gasteiger partial charge in [-0.15, -0.1) is 0 Å². The molecule has 25 heavy (non-hydrogen) atoms. The summed E-state index contributed by atoms with van der Waals surface area (Å²) >= 11 is 0. The number of furan rings is 1. The first-order chi connectivity index (χ1) is 12.2. The highest BCUT2D eigenvalue weighted by atomic mass is 16.5. The maximum absolute atomic E-state index is 12.3. The van der Waals surface area contributed by atoms with E-state index in [9.17, 15) is 4.79 Å². The van der Waals surface area contributed by atoms with Gasteiger partial charge >= 0.3 is 0 Å². The van der Waals surface area contributed by atoms with Crippen molar-refractivity contribution in [2.75, 3.05) is 13.2 Å². The molecule has 0 unspecified atom stereocenters. The SMILES string of the molecule is Cc1cc(COc2ccccc2)oc1C(=O)NCC[C@@H]1CCCCO1. The lowest BCUT2D eigenvalue weighted by Crippen LogP contribution is -2.29. The molecular formula is C20H25NO4. The number of ether oxygens (including phenoxy) is 2. The van der Waals surface area contributed by atoms with E-state index < -0.39 is 0 Å². The van der Waals surface area contributed by atoms with E-state index in [0.29, 0.717) is 24.7 Å². The van der Waals surface area contributed by atoms with E-state index in [1.165, 1.54) is 6.42 Å². The molecule has 0 radical (unpaired) electrons. The average molecular weight is 343 g/mol. The Hall–Kier alpha value is -2.27. The molecule has 0 spiro atoms. The number of amides is 1. The van der Waals surface area contributed by atoms with E-state index in [1.54, 1.807) is 0 Å². The molecule has 2 heterocycles. The van der Waals surface area contributed by atoms with E-state index >= 15 is 0 Å². The van der Waals surface area contributed by atoms with Crippen LogP contribution in [0, 0.1) is 6.92 Å². The monoisotopic (exact) mass is 343 g/mol. The molecular weight excluding hydrogens is 318 g/mol. The zero-order valence-corrected chi connectivity index (χ0v) is 14.6. The Balaban J connectivity index is 1.48. The number of rotatable bonds is 7. The molecule has 0 saturated carbocycles. The Bertz CT molecular complexity index is 674. The van der Waals surface area contributed by atoms with Crippen LogP contribution in [0.3, 0.4) is 0 Å². The zero-order valence-electron chi connectivity index (χ0n) is 14.6. The lowest BCUT2D eigenvalue weighted by Gasteiger charge is -2.22. The van der Waals surface area contributed by atoms with Crippen molar-refractivity contribution in [3.05, 3.63) is 53.5 Å². The van der Waals surface area contributed by atoms with Crippen LogP contribution in [0.5, 0.6) is 5.75 Å². The fourth-order valence-corrected chi connectivity index (χ4v) is 2.98. The second-order valence-corrected chi connectivity index (χ2v) is 6.36. The molecule has 5 heteroatoms. The molecule has 5 nitrogen and oxygen atoms in total. The first-order valence-corrected chi connectivity index (χ1v) is 8.89. The van der Waals surface area contributed by atoms with Crippen LogP contribution >= 0.6 is 0 Å². The number of hydrogen-bond acceptors (Lipinski definition) is 4. The lowest BCUT2D eigenvalue weighted by atomic mass is 10.1. The van der Waals surface area contributed by atoms with Crippen molar-refractivity contribution in [1.29, 1.82) is 0 Å². The fraction of sp³-hybridized carbons (Fsp3) is 0.450. The Morgan fingerprint density at radius 1 is 1.28 bits per heavy atom. The number of carbonyl (C=O) groups is 1. The minimum atomic E-state index is -0.181. The van der Waals surface area contributed by atoms with Crippen molar-refractivity contribution < 1.29 is 18.7 Å². The van der Waals surface area contributed by atoms with Crippen LogP contribution in [-0.2, 0) is 11.3 Å². The molecule has 0 aliphatic carbocycles. The molecule has 2 aromatic rings. The quantitative estimate of drug-likeness (QED) is 0.829. The maximum atomic E-state index is 12.3. The Kier molecular flexibility index (Phi) is 6.12. The third-order valence-electron chi connectivity index (χ3n) is 4.33. The Labute approximate surface area is 148 Å². The van der Waals surface area contributed by atoms with Gasteiger partial charge < -0.3 is 19.2 Å². The normalized spacial score (nSPS) is 17.2. The van der Waals surface area contributed by atoms with Crippen LogP contribution in [0.2, 0.25) is 0 Å². The maximum Gasteiger partial charge on any atom is 0.287 e. The first-order valence-electron chi connectivity index (χ1n) is 8.89. The third-order valence-corrected chi connectivity index (χ3v) is 4.33. The zero-order chi connectivity index (χ0) is 17.5. The smallest absolute Gasteiger partial charge is 0.287 e. The predicted molar refractivity (Wildman–Crippen MR) is 94.8 cm³/mol. The van der Waals surface area contributed by atoms with E-state index in [-0.39, 0.29) is 12.0 Å². The largest absolute Gasteiger partial charge is 0.486 e. The summed E-state index contributed by atoms with van der Waals surface area (Å²) in [5.41, 5.74) is 0.818. The summed E-state index contributed by atoms with van der Waals surface area (Å²) < 4.78 is 17.0. The lowest BCUT2D eigenvalue weighted by molar-refractivity contribution is 0.0116. The molecule has 1 aromatic heterocycles. The van der Waals surface area contributed by atoms with E-state index in [4.69, 9.17) is 13.9 Å². The molecule has 1 amide bonds. The summed E-state index contributed by atoms with van der Waals surface area (Å²) in [7, 11) is 0. The van der Waals surface area contributed by atoms with Gasteiger partial charge in [0.05, 0.1) is 6.10 Å². The molecule has 134 valence electrons. The van der Waals surface area contributed by atoms with Gasteiger partial charge in [-0.2, -0.15) is 0 Å². The van der Waals surface area contributed by atoms with Crippen LogP contribution in [0.25, 0.3) is 0 Å². The van der Waals surface area contributed by atoms with E-state index in [1.807, 2.05) is 43.3 Å². The second kappa shape index (κ2) is 8.72. The summed E-state index contributed by atoms with van der Waals surface area (Å²) in [6, 6.07) is 11.4. The minimum absolute atomic E-state index is 0.181. The van der Waals surface area contributed by atoms with E-state index in [0.717, 1.165) is 37.2 Å². The summed E-state index contributed by atoms with van der Waals surface area (Å²) in [4.78, 5) is 12.3. The van der Waals surface area contributed by atoms with Crippen LogP contribution < -0.4 is 10.1 Å². The van der Waals surface area contributed by atoms with Crippen molar-refractivity contribution in [2.24, 2.45) is 0 Å². The Morgan fingerprint density at radius 2 is 2.12 bits per heavy atom. The number of nitrogens with one attached hydrogen (secondary N) is 1. The summed E-state index contributed by atoms with van der Waals surface area (Å²) in [6.07, 6.45) is 4.54. The van der Waals surface area contributed by atoms with Crippen LogP contribution in [0.1, 0.15) is 47.6 Å². The highest BCUT2D eigenvalue weighted by Crippen LogP contribution is 2.18. The van der Waals surface area contributed by atoms with Gasteiger partial charge in [-0.1, -0.05) is 18.2 Å². The molecule has 0 bridgehead atoms. The average Bonchev–Trinajstić information content (AvgIpc) is 3.02. The van der Waals surface area contributed by atoms with Gasteiger partial charge in [0.15, 0.2) is 5.76 Å². The highest BCUT2D eigenvalue weighted by Gasteiger charge is 2.18. The third kappa shape index (κ3) is 5.10. The minimum Gasteiger partial charge on any atom is -0.486 e.